The second-order valence-electron chi connectivity index (χ2n) is 9.31. The third-order valence-electron chi connectivity index (χ3n) is 6.60. The number of fused-ring (bicyclic) bond motifs is 2. The summed E-state index contributed by atoms with van der Waals surface area (Å²) >= 11 is 0. The number of rotatable bonds is 6. The predicted octanol–water partition coefficient (Wildman–Crippen LogP) is 3.41. The Kier molecular flexibility index (Phi) is 6.84. The Labute approximate surface area is 223 Å². The highest BCUT2D eigenvalue weighted by Crippen LogP contribution is 2.33. The predicted molar refractivity (Wildman–Crippen MR) is 132 cm³/mol. The van der Waals surface area contributed by atoms with E-state index in [1.54, 1.807) is 18.2 Å². The fourth-order valence-electron chi connectivity index (χ4n) is 4.61. The standard InChI is InChI=1S/C27H21F4N5O4/c1-13(37)15-3-4-17-16(9-15)10-22(38)24(17)35-26(40)21-11-20(34-23-6-7-33-36(21)23)25(39)32-12-14-2-5-19(28)18(8-14)27(29,30)31/h2-9,11,22,24,38H,10,12H2,1H3,(H,32,39)(H,35,40)/t22-,24+/m0/s1. The topological polar surface area (TPSA) is 126 Å². The molecule has 2 aromatic carbocycles. The molecule has 40 heavy (non-hydrogen) atoms. The van der Waals surface area contributed by atoms with Crippen molar-refractivity contribution in [3.8, 4) is 0 Å². The first-order valence-corrected chi connectivity index (χ1v) is 12.0. The van der Waals surface area contributed by atoms with Crippen LogP contribution in [0, 0.1) is 5.82 Å². The lowest BCUT2D eigenvalue weighted by Gasteiger charge is -2.18. The molecule has 5 rings (SSSR count). The molecular weight excluding hydrogens is 534 g/mol. The van der Waals surface area contributed by atoms with E-state index in [4.69, 9.17) is 0 Å². The van der Waals surface area contributed by atoms with Crippen LogP contribution in [0.5, 0.6) is 0 Å². The van der Waals surface area contributed by atoms with Gasteiger partial charge in [-0.1, -0.05) is 18.2 Å². The second kappa shape index (κ2) is 10.2. The molecule has 0 radical (unpaired) electrons. The van der Waals surface area contributed by atoms with Crippen LogP contribution in [0.4, 0.5) is 17.6 Å². The number of nitrogens with one attached hydrogen (secondary N) is 2. The van der Waals surface area contributed by atoms with Gasteiger partial charge in [-0.05, 0) is 41.8 Å². The Morgan fingerprint density at radius 1 is 1.07 bits per heavy atom. The van der Waals surface area contributed by atoms with Crippen LogP contribution in [0.15, 0.2) is 54.7 Å². The molecule has 2 amide bonds. The van der Waals surface area contributed by atoms with E-state index in [0.29, 0.717) is 23.3 Å². The maximum Gasteiger partial charge on any atom is 0.419 e. The van der Waals surface area contributed by atoms with E-state index in [1.165, 1.54) is 23.7 Å². The molecule has 0 unspecified atom stereocenters. The second-order valence-corrected chi connectivity index (χ2v) is 9.31. The van der Waals surface area contributed by atoms with Gasteiger partial charge in [0.1, 0.15) is 17.2 Å². The van der Waals surface area contributed by atoms with Crippen LogP contribution in [-0.2, 0) is 19.1 Å². The molecule has 3 N–H and O–H groups in total. The number of carbonyl (C=O) groups excluding carboxylic acids is 3. The SMILES string of the molecule is CC(=O)c1ccc2c(c1)C[C@H](O)[C@@H]2NC(=O)c1cc(C(=O)NCc2ccc(F)c(C(F)(F)F)c2)nc2ccnn12. The molecular formula is C27H21F4N5O4. The van der Waals surface area contributed by atoms with Gasteiger partial charge >= 0.3 is 6.18 Å². The van der Waals surface area contributed by atoms with E-state index >= 15 is 0 Å². The number of amides is 2. The summed E-state index contributed by atoms with van der Waals surface area (Å²) in [5, 5.41) is 19.9. The van der Waals surface area contributed by atoms with Crippen molar-refractivity contribution in [2.75, 3.05) is 0 Å². The monoisotopic (exact) mass is 555 g/mol. The van der Waals surface area contributed by atoms with Gasteiger partial charge < -0.3 is 15.7 Å². The van der Waals surface area contributed by atoms with Crippen molar-refractivity contribution < 1.29 is 37.1 Å². The largest absolute Gasteiger partial charge is 0.419 e. The number of hydrogen-bond donors (Lipinski definition) is 3. The van der Waals surface area contributed by atoms with Gasteiger partial charge in [0.25, 0.3) is 11.8 Å². The fraction of sp³-hybridized carbons (Fsp3) is 0.222. The van der Waals surface area contributed by atoms with Crippen LogP contribution in [-0.4, -0.2) is 43.4 Å². The Morgan fingerprint density at radius 3 is 2.58 bits per heavy atom. The third-order valence-corrected chi connectivity index (χ3v) is 6.60. The average molecular weight is 555 g/mol. The van der Waals surface area contributed by atoms with Gasteiger partial charge in [0, 0.05) is 30.7 Å². The Hall–Kier alpha value is -4.65. The molecule has 0 bridgehead atoms. The summed E-state index contributed by atoms with van der Waals surface area (Å²) in [5.41, 5.74) is 0.259. The molecule has 0 saturated heterocycles. The van der Waals surface area contributed by atoms with Crippen LogP contribution in [0.1, 0.15) is 66.6 Å². The van der Waals surface area contributed by atoms with Crippen LogP contribution in [0.25, 0.3) is 5.65 Å². The molecule has 9 nitrogen and oxygen atoms in total. The van der Waals surface area contributed by atoms with Crippen molar-refractivity contribution >= 4 is 23.2 Å². The van der Waals surface area contributed by atoms with Crippen molar-refractivity contribution in [3.63, 3.8) is 0 Å². The molecule has 1 aliphatic carbocycles. The molecule has 0 saturated carbocycles. The van der Waals surface area contributed by atoms with Gasteiger partial charge in [-0.3, -0.25) is 14.4 Å². The number of aliphatic hydroxyl groups is 1. The van der Waals surface area contributed by atoms with Crippen LogP contribution < -0.4 is 10.6 Å². The maximum atomic E-state index is 13.6. The first kappa shape index (κ1) is 26.9. The van der Waals surface area contributed by atoms with E-state index in [2.05, 4.69) is 20.7 Å². The molecule has 2 heterocycles. The van der Waals surface area contributed by atoms with E-state index in [1.807, 2.05) is 0 Å². The average Bonchev–Trinajstić information content (AvgIpc) is 3.50. The van der Waals surface area contributed by atoms with Crippen LogP contribution in [0.3, 0.4) is 0 Å². The van der Waals surface area contributed by atoms with Gasteiger partial charge in [0.05, 0.1) is 23.9 Å². The molecule has 4 aromatic rings. The van der Waals surface area contributed by atoms with E-state index in [-0.39, 0.29) is 41.3 Å². The Bertz CT molecular complexity index is 1670. The quantitative estimate of drug-likeness (QED) is 0.247. The minimum Gasteiger partial charge on any atom is -0.390 e. The first-order valence-electron chi connectivity index (χ1n) is 12.0. The minimum atomic E-state index is -4.90. The summed E-state index contributed by atoms with van der Waals surface area (Å²) in [7, 11) is 0. The van der Waals surface area contributed by atoms with Gasteiger partial charge in [-0.15, -0.1) is 0 Å². The van der Waals surface area contributed by atoms with Gasteiger partial charge in [0.15, 0.2) is 11.4 Å². The van der Waals surface area contributed by atoms with E-state index < -0.39 is 41.5 Å². The number of ketones is 1. The zero-order valence-electron chi connectivity index (χ0n) is 20.8. The van der Waals surface area contributed by atoms with Gasteiger partial charge in [-0.2, -0.15) is 18.3 Å². The van der Waals surface area contributed by atoms with Crippen molar-refractivity contribution in [3.05, 3.63) is 99.8 Å². The number of alkyl halides is 3. The zero-order valence-corrected chi connectivity index (χ0v) is 20.8. The number of aromatic nitrogens is 3. The third kappa shape index (κ3) is 5.15. The summed E-state index contributed by atoms with van der Waals surface area (Å²) in [5.74, 6) is -3.03. The van der Waals surface area contributed by atoms with Crippen LogP contribution in [0.2, 0.25) is 0 Å². The minimum absolute atomic E-state index is 0.00675. The summed E-state index contributed by atoms with van der Waals surface area (Å²) in [6.45, 7) is 1.07. The lowest BCUT2D eigenvalue weighted by Crippen LogP contribution is -2.35. The molecule has 2 atom stereocenters. The summed E-state index contributed by atoms with van der Waals surface area (Å²) in [6.07, 6.45) is -4.27. The van der Waals surface area contributed by atoms with Gasteiger partial charge in [0.2, 0.25) is 0 Å². The highest BCUT2D eigenvalue weighted by Gasteiger charge is 2.35. The zero-order chi connectivity index (χ0) is 28.8. The molecule has 206 valence electrons. The normalized spacial score (nSPS) is 16.6. The lowest BCUT2D eigenvalue weighted by atomic mass is 10.0. The van der Waals surface area contributed by atoms with E-state index in [0.717, 1.165) is 17.7 Å². The number of benzene rings is 2. The smallest absolute Gasteiger partial charge is 0.390 e. The Balaban J connectivity index is 1.37. The summed E-state index contributed by atoms with van der Waals surface area (Å²) in [4.78, 5) is 42.0. The van der Waals surface area contributed by atoms with Crippen molar-refractivity contribution in [2.24, 2.45) is 0 Å². The molecule has 0 spiro atoms. The number of halogens is 4. The number of nitrogens with zero attached hydrogens (tertiary/aromatic N) is 3. The highest BCUT2D eigenvalue weighted by molar-refractivity contribution is 5.98. The van der Waals surface area contributed by atoms with Gasteiger partial charge in [-0.25, -0.2) is 13.9 Å². The number of aliphatic hydroxyl groups excluding tert-OH is 1. The maximum absolute atomic E-state index is 13.6. The Morgan fingerprint density at radius 2 is 1.85 bits per heavy atom. The first-order chi connectivity index (χ1) is 18.9. The highest BCUT2D eigenvalue weighted by atomic mass is 19.4. The lowest BCUT2D eigenvalue weighted by molar-refractivity contribution is -0.140. The molecule has 1 aliphatic rings. The molecule has 0 fully saturated rings. The summed E-state index contributed by atoms with van der Waals surface area (Å²) < 4.78 is 53.8. The van der Waals surface area contributed by atoms with Crippen molar-refractivity contribution in [2.45, 2.75) is 38.2 Å². The molecule has 13 heteroatoms. The van der Waals surface area contributed by atoms with Crippen LogP contribution >= 0.6 is 0 Å². The molecule has 2 aromatic heterocycles. The summed E-state index contributed by atoms with van der Waals surface area (Å²) in [6, 6.07) is 9.16. The number of Topliss-reactive ketones (excluding diaryl/α,β-unsaturated/α-hetero) is 1. The molecule has 0 aliphatic heterocycles. The fourth-order valence-corrected chi connectivity index (χ4v) is 4.61. The number of carbonyl (C=O) groups is 3. The van der Waals surface area contributed by atoms with E-state index in [9.17, 15) is 37.1 Å². The van der Waals surface area contributed by atoms with Crippen molar-refractivity contribution in [1.29, 1.82) is 0 Å². The number of hydrogen-bond acceptors (Lipinski definition) is 6. The van der Waals surface area contributed by atoms with Crippen molar-refractivity contribution in [1.82, 2.24) is 25.2 Å².